The van der Waals surface area contributed by atoms with Gasteiger partial charge in [-0.05, 0) is 26.7 Å². The maximum Gasteiger partial charge on any atom is 0.140 e. The van der Waals surface area contributed by atoms with Crippen molar-refractivity contribution in [3.63, 3.8) is 0 Å². The van der Waals surface area contributed by atoms with Crippen molar-refractivity contribution in [2.45, 2.75) is 45.1 Å². The van der Waals surface area contributed by atoms with Crippen LogP contribution in [0.25, 0.3) is 0 Å². The van der Waals surface area contributed by atoms with Crippen LogP contribution in [-0.4, -0.2) is 56.6 Å². The Kier molecular flexibility index (Phi) is 4.06. The minimum Gasteiger partial charge on any atom is -0.378 e. The Morgan fingerprint density at radius 1 is 1.35 bits per heavy atom. The molecule has 100 valence electrons. The second kappa shape index (κ2) is 5.21. The van der Waals surface area contributed by atoms with E-state index in [4.69, 9.17) is 9.47 Å². The highest BCUT2D eigenvalue weighted by atomic mass is 19.1. The first kappa shape index (κ1) is 13.2. The maximum absolute atomic E-state index is 13.6. The van der Waals surface area contributed by atoms with Crippen molar-refractivity contribution in [1.29, 1.82) is 0 Å². The highest BCUT2D eigenvalue weighted by Crippen LogP contribution is 2.47. The first-order valence-corrected chi connectivity index (χ1v) is 6.55. The van der Waals surface area contributed by atoms with Crippen LogP contribution in [0.1, 0.15) is 26.7 Å². The molecule has 1 heterocycles. The summed E-state index contributed by atoms with van der Waals surface area (Å²) in [5.41, 5.74) is 0.298. The number of hydrogen-bond donors (Lipinski definition) is 0. The van der Waals surface area contributed by atoms with E-state index in [0.717, 1.165) is 19.7 Å². The van der Waals surface area contributed by atoms with Gasteiger partial charge in [0.25, 0.3) is 0 Å². The van der Waals surface area contributed by atoms with Gasteiger partial charge < -0.3 is 9.47 Å². The van der Waals surface area contributed by atoms with Crippen LogP contribution in [0.3, 0.4) is 0 Å². The summed E-state index contributed by atoms with van der Waals surface area (Å²) in [6.45, 7) is 7.13. The molecule has 17 heavy (non-hydrogen) atoms. The molecule has 2 rings (SSSR count). The molecule has 0 unspecified atom stereocenters. The molecule has 0 amide bonds. The van der Waals surface area contributed by atoms with Gasteiger partial charge in [0.15, 0.2) is 0 Å². The summed E-state index contributed by atoms with van der Waals surface area (Å²) in [5, 5.41) is 0. The Bertz CT molecular complexity index is 256. The highest BCUT2D eigenvalue weighted by molar-refractivity contribution is 4.98. The van der Waals surface area contributed by atoms with E-state index in [9.17, 15) is 4.39 Å². The Morgan fingerprint density at radius 2 is 2.06 bits per heavy atom. The number of rotatable bonds is 6. The molecule has 0 N–H and O–H groups in total. The number of alkyl halides is 1. The van der Waals surface area contributed by atoms with Gasteiger partial charge in [0.1, 0.15) is 12.3 Å². The van der Waals surface area contributed by atoms with Gasteiger partial charge in [-0.25, -0.2) is 4.39 Å². The zero-order chi connectivity index (χ0) is 12.5. The summed E-state index contributed by atoms with van der Waals surface area (Å²) in [6, 6.07) is 0. The summed E-state index contributed by atoms with van der Waals surface area (Å²) in [5.74, 6) is 0. The predicted molar refractivity (Wildman–Crippen MR) is 64.9 cm³/mol. The summed E-state index contributed by atoms with van der Waals surface area (Å²) < 4.78 is 24.4. The lowest BCUT2D eigenvalue weighted by Gasteiger charge is -2.23. The van der Waals surface area contributed by atoms with Crippen molar-refractivity contribution in [3.8, 4) is 0 Å². The lowest BCUT2D eigenvalue weighted by Crippen LogP contribution is -2.32. The van der Waals surface area contributed by atoms with Gasteiger partial charge >= 0.3 is 0 Å². The molecule has 0 spiro atoms. The number of methoxy groups -OCH3 is 1. The van der Waals surface area contributed by atoms with E-state index < -0.39 is 6.17 Å². The van der Waals surface area contributed by atoms with Crippen molar-refractivity contribution in [2.75, 3.05) is 33.4 Å². The van der Waals surface area contributed by atoms with Gasteiger partial charge in [-0.1, -0.05) is 0 Å². The summed E-state index contributed by atoms with van der Waals surface area (Å²) in [7, 11) is 1.59. The van der Waals surface area contributed by atoms with E-state index in [1.165, 1.54) is 12.8 Å². The molecule has 0 aromatic heterocycles. The number of halogens is 1. The topological polar surface area (TPSA) is 21.7 Å². The van der Waals surface area contributed by atoms with Crippen molar-refractivity contribution >= 4 is 0 Å². The van der Waals surface area contributed by atoms with Crippen LogP contribution in [-0.2, 0) is 9.47 Å². The van der Waals surface area contributed by atoms with Crippen LogP contribution in [0.4, 0.5) is 4.39 Å². The Hall–Kier alpha value is -0.190. The van der Waals surface area contributed by atoms with Crippen LogP contribution in [0.2, 0.25) is 0 Å². The molecule has 3 nitrogen and oxygen atoms in total. The average Bonchev–Trinajstić information content (AvgIpc) is 2.94. The smallest absolute Gasteiger partial charge is 0.140 e. The molecule has 1 aliphatic heterocycles. The minimum absolute atomic E-state index is 0.239. The fourth-order valence-corrected chi connectivity index (χ4v) is 2.50. The quantitative estimate of drug-likeness (QED) is 0.713. The third-order valence-corrected chi connectivity index (χ3v) is 3.82. The minimum atomic E-state index is -0.832. The van der Waals surface area contributed by atoms with E-state index >= 15 is 0 Å². The molecule has 1 saturated heterocycles. The fourth-order valence-electron chi connectivity index (χ4n) is 2.50. The van der Waals surface area contributed by atoms with Crippen LogP contribution in [0.5, 0.6) is 0 Å². The average molecular weight is 245 g/mol. The molecule has 0 radical (unpaired) electrons. The summed E-state index contributed by atoms with van der Waals surface area (Å²) in [6.07, 6.45) is 1.64. The maximum atomic E-state index is 13.6. The summed E-state index contributed by atoms with van der Waals surface area (Å²) in [4.78, 5) is 2.19. The molecular formula is C13H24FNO2. The molecule has 0 aromatic carbocycles. The molecule has 4 heteroatoms. The third-order valence-electron chi connectivity index (χ3n) is 3.82. The van der Waals surface area contributed by atoms with Gasteiger partial charge in [0, 0.05) is 32.2 Å². The summed E-state index contributed by atoms with van der Waals surface area (Å²) >= 11 is 0. The Morgan fingerprint density at radius 3 is 2.53 bits per heavy atom. The van der Waals surface area contributed by atoms with Crippen molar-refractivity contribution < 1.29 is 13.9 Å². The number of hydrogen-bond acceptors (Lipinski definition) is 3. The van der Waals surface area contributed by atoms with Crippen LogP contribution >= 0.6 is 0 Å². The second-order valence-electron chi connectivity index (χ2n) is 5.84. The lowest BCUT2D eigenvalue weighted by atomic mass is 10.1. The van der Waals surface area contributed by atoms with Crippen molar-refractivity contribution in [1.82, 2.24) is 4.90 Å². The largest absolute Gasteiger partial charge is 0.378 e. The van der Waals surface area contributed by atoms with Crippen LogP contribution < -0.4 is 0 Å². The van der Waals surface area contributed by atoms with Gasteiger partial charge in [-0.2, -0.15) is 0 Å². The standard InChI is InChI=1S/C13H24FNO2/c1-10(2)17-9-13(4-5-13)8-15-6-11(14)12(7-15)16-3/h10-12H,4-9H2,1-3H3/t11-,12-/m0/s1. The predicted octanol–water partition coefficient (Wildman–Crippen LogP) is 1.86. The van der Waals surface area contributed by atoms with E-state index in [2.05, 4.69) is 18.7 Å². The molecule has 0 bridgehead atoms. The first-order valence-electron chi connectivity index (χ1n) is 6.55. The van der Waals surface area contributed by atoms with Gasteiger partial charge in [-0.3, -0.25) is 4.90 Å². The molecule has 0 aromatic rings. The zero-order valence-electron chi connectivity index (χ0n) is 11.1. The van der Waals surface area contributed by atoms with Crippen molar-refractivity contribution in [2.24, 2.45) is 5.41 Å². The fraction of sp³-hybridized carbons (Fsp3) is 1.00. The van der Waals surface area contributed by atoms with Crippen LogP contribution in [0, 0.1) is 5.41 Å². The molecule has 1 aliphatic carbocycles. The highest BCUT2D eigenvalue weighted by Gasteiger charge is 2.46. The third kappa shape index (κ3) is 3.39. The van der Waals surface area contributed by atoms with E-state index in [-0.39, 0.29) is 12.2 Å². The molecule has 2 fully saturated rings. The first-order chi connectivity index (χ1) is 8.04. The van der Waals surface area contributed by atoms with E-state index in [1.807, 2.05) is 0 Å². The monoisotopic (exact) mass is 245 g/mol. The van der Waals surface area contributed by atoms with E-state index in [1.54, 1.807) is 7.11 Å². The lowest BCUT2D eigenvalue weighted by molar-refractivity contribution is 0.0307. The van der Waals surface area contributed by atoms with E-state index in [0.29, 0.717) is 12.0 Å². The van der Waals surface area contributed by atoms with Gasteiger partial charge in [-0.15, -0.1) is 0 Å². The second-order valence-corrected chi connectivity index (χ2v) is 5.84. The van der Waals surface area contributed by atoms with Crippen LogP contribution in [0.15, 0.2) is 0 Å². The van der Waals surface area contributed by atoms with Crippen molar-refractivity contribution in [3.05, 3.63) is 0 Å². The molecule has 2 aliphatic rings. The number of ether oxygens (including phenoxy) is 2. The Balaban J connectivity index is 1.77. The molecular weight excluding hydrogens is 221 g/mol. The Labute approximate surface area is 103 Å². The number of nitrogens with zero attached hydrogens (tertiary/aromatic N) is 1. The molecule has 2 atom stereocenters. The SMILES string of the molecule is CO[C@H]1CN(CC2(COC(C)C)CC2)C[C@@H]1F. The molecule has 1 saturated carbocycles. The normalized spacial score (nSPS) is 32.3. The number of likely N-dealkylation sites (tertiary alicyclic amines) is 1. The van der Waals surface area contributed by atoms with Gasteiger partial charge in [0.05, 0.1) is 12.7 Å². The zero-order valence-corrected chi connectivity index (χ0v) is 11.1. The van der Waals surface area contributed by atoms with Gasteiger partial charge in [0.2, 0.25) is 0 Å².